The van der Waals surface area contributed by atoms with Gasteiger partial charge < -0.3 is 10.0 Å². The van der Waals surface area contributed by atoms with Gasteiger partial charge in [0.1, 0.15) is 5.82 Å². The first-order chi connectivity index (χ1) is 18.6. The molecule has 0 radical (unpaired) electrons. The van der Waals surface area contributed by atoms with Crippen LogP contribution in [0.1, 0.15) is 52.5 Å². The number of benzene rings is 2. The SMILES string of the molecule is CC(C)(C)N(C(=O)O)[C@H]1CC[C@@H](n2c(=O)c3cc(F)cnc3n(-c3cccc(-c4ccccc4)c3)c2=O)CC1. The summed E-state index contributed by atoms with van der Waals surface area (Å²) in [7, 11) is 0. The van der Waals surface area contributed by atoms with E-state index in [0.29, 0.717) is 31.4 Å². The molecule has 1 saturated carbocycles. The lowest BCUT2D eigenvalue weighted by atomic mass is 9.88. The average Bonchev–Trinajstić information content (AvgIpc) is 2.90. The molecule has 8 nitrogen and oxygen atoms in total. The Morgan fingerprint density at radius 1 is 0.974 bits per heavy atom. The first-order valence-electron chi connectivity index (χ1n) is 13.1. The van der Waals surface area contributed by atoms with Crippen molar-refractivity contribution >= 4 is 17.1 Å². The second-order valence-electron chi connectivity index (χ2n) is 11.0. The zero-order valence-corrected chi connectivity index (χ0v) is 22.2. The standard InChI is InChI=1S/C30H31FN4O4/c1-30(2,3)35(29(38)39)23-14-12-22(13-15-23)34-27(36)25-17-21(31)18-32-26(25)33(28(34)37)24-11-7-10-20(16-24)19-8-5-4-6-9-19/h4-11,16-18,22-23H,12-15H2,1-3H3,(H,38,39)/t22-,23+. The highest BCUT2D eigenvalue weighted by molar-refractivity contribution is 5.76. The zero-order chi connectivity index (χ0) is 27.9. The summed E-state index contributed by atoms with van der Waals surface area (Å²) in [5.41, 5.74) is 0.721. The minimum Gasteiger partial charge on any atom is -0.465 e. The number of aromatic nitrogens is 3. The molecular formula is C30H31FN4O4. The lowest BCUT2D eigenvalue weighted by molar-refractivity contribution is 0.0506. The molecule has 0 saturated heterocycles. The Morgan fingerprint density at radius 3 is 2.28 bits per heavy atom. The number of hydrogen-bond donors (Lipinski definition) is 1. The van der Waals surface area contributed by atoms with E-state index in [-0.39, 0.29) is 17.1 Å². The van der Waals surface area contributed by atoms with Crippen molar-refractivity contribution in [2.45, 2.75) is 64.1 Å². The topological polar surface area (TPSA) is 97.4 Å². The molecular weight excluding hydrogens is 499 g/mol. The van der Waals surface area contributed by atoms with E-state index in [0.717, 1.165) is 23.4 Å². The van der Waals surface area contributed by atoms with Crippen molar-refractivity contribution in [1.82, 2.24) is 19.0 Å². The Bertz CT molecular complexity index is 1650. The van der Waals surface area contributed by atoms with Gasteiger partial charge in [0, 0.05) is 17.6 Å². The lowest BCUT2D eigenvalue weighted by Crippen LogP contribution is -2.53. The van der Waals surface area contributed by atoms with Crippen molar-refractivity contribution in [3.8, 4) is 16.8 Å². The molecule has 2 aromatic heterocycles. The van der Waals surface area contributed by atoms with Gasteiger partial charge in [-0.1, -0.05) is 42.5 Å². The molecule has 0 bridgehead atoms. The lowest BCUT2D eigenvalue weighted by Gasteiger charge is -2.42. The number of fused-ring (bicyclic) bond motifs is 1. The monoisotopic (exact) mass is 530 g/mol. The van der Waals surface area contributed by atoms with Crippen LogP contribution >= 0.6 is 0 Å². The minimum absolute atomic E-state index is 0.0173. The van der Waals surface area contributed by atoms with E-state index < -0.39 is 34.7 Å². The van der Waals surface area contributed by atoms with E-state index >= 15 is 0 Å². The van der Waals surface area contributed by atoms with Gasteiger partial charge in [0.05, 0.1) is 17.3 Å². The highest BCUT2D eigenvalue weighted by atomic mass is 19.1. The summed E-state index contributed by atoms with van der Waals surface area (Å²) in [5.74, 6) is -0.666. The molecule has 1 aliphatic rings. The predicted molar refractivity (Wildman–Crippen MR) is 148 cm³/mol. The number of rotatable bonds is 4. The number of carbonyl (C=O) groups is 1. The molecule has 1 fully saturated rings. The third kappa shape index (κ3) is 4.96. The van der Waals surface area contributed by atoms with Crippen molar-refractivity contribution in [3.63, 3.8) is 0 Å². The van der Waals surface area contributed by atoms with Gasteiger partial charge in [-0.3, -0.25) is 9.36 Å². The molecule has 0 spiro atoms. The normalized spacial score (nSPS) is 17.7. The van der Waals surface area contributed by atoms with Crippen molar-refractivity contribution in [2.24, 2.45) is 0 Å². The number of hydrogen-bond acceptors (Lipinski definition) is 4. The number of carboxylic acid groups (broad SMARTS) is 1. The van der Waals surface area contributed by atoms with Crippen LogP contribution in [0.25, 0.3) is 27.8 Å². The van der Waals surface area contributed by atoms with Crippen molar-refractivity contribution in [3.05, 3.63) is 93.5 Å². The second kappa shape index (κ2) is 10.1. The third-order valence-electron chi connectivity index (χ3n) is 7.43. The van der Waals surface area contributed by atoms with Crippen LogP contribution in [0.2, 0.25) is 0 Å². The van der Waals surface area contributed by atoms with Crippen molar-refractivity contribution < 1.29 is 14.3 Å². The van der Waals surface area contributed by atoms with Crippen LogP contribution in [0, 0.1) is 5.82 Å². The second-order valence-corrected chi connectivity index (χ2v) is 11.0. The Morgan fingerprint density at radius 2 is 1.64 bits per heavy atom. The third-order valence-corrected chi connectivity index (χ3v) is 7.43. The van der Waals surface area contributed by atoms with Crippen LogP contribution < -0.4 is 11.2 Å². The van der Waals surface area contributed by atoms with E-state index in [1.54, 1.807) is 6.07 Å². The molecule has 1 N–H and O–H groups in total. The van der Waals surface area contributed by atoms with E-state index in [1.165, 1.54) is 14.0 Å². The van der Waals surface area contributed by atoms with Crippen LogP contribution in [-0.2, 0) is 0 Å². The molecule has 4 aromatic rings. The summed E-state index contributed by atoms with van der Waals surface area (Å²) in [6.45, 7) is 5.56. The van der Waals surface area contributed by atoms with Gasteiger partial charge >= 0.3 is 11.8 Å². The van der Waals surface area contributed by atoms with Gasteiger partial charge in [0.2, 0.25) is 0 Å². The summed E-state index contributed by atoms with van der Waals surface area (Å²) in [5, 5.41) is 9.84. The minimum atomic E-state index is -0.990. The summed E-state index contributed by atoms with van der Waals surface area (Å²) in [4.78, 5) is 45.2. The van der Waals surface area contributed by atoms with Crippen molar-refractivity contribution in [2.75, 3.05) is 0 Å². The van der Waals surface area contributed by atoms with Crippen LogP contribution in [0.15, 0.2) is 76.4 Å². The summed E-state index contributed by atoms with van der Waals surface area (Å²) < 4.78 is 16.9. The van der Waals surface area contributed by atoms with E-state index in [2.05, 4.69) is 4.98 Å². The first-order valence-corrected chi connectivity index (χ1v) is 13.1. The molecule has 39 heavy (non-hydrogen) atoms. The fourth-order valence-corrected chi connectivity index (χ4v) is 5.76. The Kier molecular flexibility index (Phi) is 6.84. The average molecular weight is 531 g/mol. The Balaban J connectivity index is 1.61. The van der Waals surface area contributed by atoms with Crippen LogP contribution in [0.5, 0.6) is 0 Å². The molecule has 1 aliphatic carbocycles. The van der Waals surface area contributed by atoms with Crippen LogP contribution in [0.4, 0.5) is 9.18 Å². The van der Waals surface area contributed by atoms with Gasteiger partial charge in [-0.05, 0) is 75.8 Å². The van der Waals surface area contributed by atoms with Crippen LogP contribution in [0.3, 0.4) is 0 Å². The smallest absolute Gasteiger partial charge is 0.407 e. The fourth-order valence-electron chi connectivity index (χ4n) is 5.76. The zero-order valence-electron chi connectivity index (χ0n) is 22.2. The Labute approximate surface area is 225 Å². The fraction of sp³-hybridized carbons (Fsp3) is 0.333. The molecule has 9 heteroatoms. The van der Waals surface area contributed by atoms with E-state index in [9.17, 15) is 23.9 Å². The highest BCUT2D eigenvalue weighted by Crippen LogP contribution is 2.33. The molecule has 0 atom stereocenters. The van der Waals surface area contributed by atoms with E-state index in [4.69, 9.17) is 0 Å². The first kappa shape index (κ1) is 26.3. The molecule has 202 valence electrons. The Hall–Kier alpha value is -4.27. The maximum atomic E-state index is 14.3. The maximum Gasteiger partial charge on any atom is 0.407 e. The van der Waals surface area contributed by atoms with Crippen LogP contribution in [-0.4, -0.2) is 41.8 Å². The molecule has 0 aliphatic heterocycles. The molecule has 1 amide bonds. The summed E-state index contributed by atoms with van der Waals surface area (Å²) in [6.07, 6.45) is 1.90. The van der Waals surface area contributed by atoms with Gasteiger partial charge in [0.25, 0.3) is 5.56 Å². The van der Waals surface area contributed by atoms with Gasteiger partial charge in [-0.2, -0.15) is 0 Å². The summed E-state index contributed by atoms with van der Waals surface area (Å²) >= 11 is 0. The number of amides is 1. The predicted octanol–water partition coefficient (Wildman–Crippen LogP) is 5.62. The quantitative estimate of drug-likeness (QED) is 0.370. The van der Waals surface area contributed by atoms with Gasteiger partial charge in [-0.25, -0.2) is 23.5 Å². The van der Waals surface area contributed by atoms with E-state index in [1.807, 2.05) is 69.3 Å². The number of pyridine rings is 1. The summed E-state index contributed by atoms with van der Waals surface area (Å²) in [6, 6.07) is 17.5. The number of nitrogens with zero attached hydrogens (tertiary/aromatic N) is 4. The largest absolute Gasteiger partial charge is 0.465 e. The highest BCUT2D eigenvalue weighted by Gasteiger charge is 2.36. The molecule has 2 heterocycles. The van der Waals surface area contributed by atoms with Gasteiger partial charge in [0.15, 0.2) is 5.65 Å². The molecule has 5 rings (SSSR count). The number of halogens is 1. The molecule has 0 unspecified atom stereocenters. The van der Waals surface area contributed by atoms with Gasteiger partial charge in [-0.15, -0.1) is 0 Å². The molecule has 2 aromatic carbocycles. The maximum absolute atomic E-state index is 14.3. The van der Waals surface area contributed by atoms with Crippen molar-refractivity contribution in [1.29, 1.82) is 0 Å².